The fraction of sp³-hybridized carbons (Fsp3) is 0.444. The average molecular weight is 164 g/mol. The van der Waals surface area contributed by atoms with Gasteiger partial charge in [-0.15, -0.1) is 0 Å². The van der Waals surface area contributed by atoms with Crippen molar-refractivity contribution in [3.05, 3.63) is 24.0 Å². The first-order valence-electron chi connectivity index (χ1n) is 4.21. The normalized spacial score (nSPS) is 17.3. The minimum atomic E-state index is 0.310. The van der Waals surface area contributed by atoms with Gasteiger partial charge in [-0.2, -0.15) is 0 Å². The summed E-state index contributed by atoms with van der Waals surface area (Å²) in [6.07, 6.45) is 2.99. The van der Waals surface area contributed by atoms with E-state index in [4.69, 9.17) is 0 Å². The summed E-state index contributed by atoms with van der Waals surface area (Å²) in [5.41, 5.74) is 0.789. The van der Waals surface area contributed by atoms with Crippen molar-refractivity contribution < 1.29 is 5.11 Å². The Hall–Kier alpha value is -1.09. The zero-order valence-electron chi connectivity index (χ0n) is 6.90. The molecule has 0 bridgehead atoms. The molecule has 1 aromatic heterocycles. The first-order chi connectivity index (χ1) is 5.86. The number of nitrogens with zero attached hydrogens (tertiary/aromatic N) is 2. The van der Waals surface area contributed by atoms with E-state index in [-0.39, 0.29) is 0 Å². The summed E-state index contributed by atoms with van der Waals surface area (Å²) in [5.74, 6) is 0.310. The molecular formula is C9H12N2O. The standard InChI is InChI=1S/C9H12N2O/c12-9-3-1-4-10-8(9)7-11-5-2-6-11/h1,3-4,12H,2,5-7H2. The van der Waals surface area contributed by atoms with Gasteiger partial charge in [0.05, 0.1) is 5.69 Å². The number of aromatic hydroxyl groups is 1. The summed E-state index contributed by atoms with van der Waals surface area (Å²) in [7, 11) is 0. The summed E-state index contributed by atoms with van der Waals surface area (Å²) in [6, 6.07) is 3.43. The van der Waals surface area contributed by atoms with Gasteiger partial charge < -0.3 is 5.11 Å². The van der Waals surface area contributed by atoms with Crippen LogP contribution in [0, 0.1) is 0 Å². The fourth-order valence-electron chi connectivity index (χ4n) is 1.30. The second-order valence-electron chi connectivity index (χ2n) is 3.10. The number of pyridine rings is 1. The molecule has 1 aliphatic rings. The molecule has 0 aromatic carbocycles. The predicted molar refractivity (Wildman–Crippen MR) is 45.8 cm³/mol. The highest BCUT2D eigenvalue weighted by atomic mass is 16.3. The minimum absolute atomic E-state index is 0.310. The van der Waals surface area contributed by atoms with Crippen LogP contribution in [-0.4, -0.2) is 28.1 Å². The molecule has 3 heteroatoms. The van der Waals surface area contributed by atoms with E-state index in [9.17, 15) is 5.11 Å². The van der Waals surface area contributed by atoms with E-state index < -0.39 is 0 Å². The van der Waals surface area contributed by atoms with Crippen molar-refractivity contribution in [1.82, 2.24) is 9.88 Å². The van der Waals surface area contributed by atoms with Gasteiger partial charge >= 0.3 is 0 Å². The van der Waals surface area contributed by atoms with Crippen molar-refractivity contribution in [3.8, 4) is 5.75 Å². The zero-order valence-corrected chi connectivity index (χ0v) is 6.90. The Morgan fingerprint density at radius 2 is 2.33 bits per heavy atom. The molecule has 0 spiro atoms. The highest BCUT2D eigenvalue weighted by Gasteiger charge is 2.15. The molecule has 0 aliphatic carbocycles. The Kier molecular flexibility index (Phi) is 1.96. The number of hydrogen-bond donors (Lipinski definition) is 1. The third-order valence-corrected chi connectivity index (χ3v) is 2.19. The van der Waals surface area contributed by atoms with Gasteiger partial charge in [-0.1, -0.05) is 0 Å². The van der Waals surface area contributed by atoms with Crippen molar-refractivity contribution >= 4 is 0 Å². The van der Waals surface area contributed by atoms with Crippen molar-refractivity contribution in [3.63, 3.8) is 0 Å². The van der Waals surface area contributed by atoms with Crippen LogP contribution in [0.3, 0.4) is 0 Å². The molecule has 3 nitrogen and oxygen atoms in total. The second-order valence-corrected chi connectivity index (χ2v) is 3.10. The van der Waals surface area contributed by atoms with E-state index in [1.54, 1.807) is 18.3 Å². The molecule has 0 unspecified atom stereocenters. The van der Waals surface area contributed by atoms with Crippen LogP contribution in [-0.2, 0) is 6.54 Å². The monoisotopic (exact) mass is 164 g/mol. The van der Waals surface area contributed by atoms with Gasteiger partial charge in [0.1, 0.15) is 5.75 Å². The second kappa shape index (κ2) is 3.11. The molecule has 2 rings (SSSR count). The van der Waals surface area contributed by atoms with Gasteiger partial charge in [-0.05, 0) is 31.6 Å². The van der Waals surface area contributed by atoms with Crippen molar-refractivity contribution in [2.24, 2.45) is 0 Å². The summed E-state index contributed by atoms with van der Waals surface area (Å²) >= 11 is 0. The Bertz CT molecular complexity index is 271. The Labute approximate surface area is 71.7 Å². The van der Waals surface area contributed by atoms with Crippen LogP contribution in [0.5, 0.6) is 5.75 Å². The van der Waals surface area contributed by atoms with Gasteiger partial charge in [-0.25, -0.2) is 0 Å². The number of rotatable bonds is 2. The molecule has 0 radical (unpaired) electrons. The maximum atomic E-state index is 9.39. The Balaban J connectivity index is 2.06. The van der Waals surface area contributed by atoms with Crippen LogP contribution >= 0.6 is 0 Å². The molecule has 1 saturated heterocycles. The molecule has 1 fully saturated rings. The van der Waals surface area contributed by atoms with E-state index in [2.05, 4.69) is 9.88 Å². The number of hydrogen-bond acceptors (Lipinski definition) is 3. The van der Waals surface area contributed by atoms with E-state index in [0.717, 1.165) is 25.3 Å². The SMILES string of the molecule is Oc1cccnc1CN1CCC1. The fourth-order valence-corrected chi connectivity index (χ4v) is 1.30. The van der Waals surface area contributed by atoms with Crippen LogP contribution in [0.1, 0.15) is 12.1 Å². The summed E-state index contributed by atoms with van der Waals surface area (Å²) < 4.78 is 0. The minimum Gasteiger partial charge on any atom is -0.506 e. The highest BCUT2D eigenvalue weighted by molar-refractivity contribution is 5.24. The largest absolute Gasteiger partial charge is 0.506 e. The molecule has 0 atom stereocenters. The van der Waals surface area contributed by atoms with Gasteiger partial charge in [0, 0.05) is 12.7 Å². The summed E-state index contributed by atoms with van der Waals surface area (Å²) in [5, 5.41) is 9.39. The zero-order chi connectivity index (χ0) is 8.39. The quantitative estimate of drug-likeness (QED) is 0.708. The van der Waals surface area contributed by atoms with E-state index in [1.165, 1.54) is 6.42 Å². The maximum Gasteiger partial charge on any atom is 0.138 e. The van der Waals surface area contributed by atoms with Gasteiger partial charge in [-0.3, -0.25) is 9.88 Å². The maximum absolute atomic E-state index is 9.39. The smallest absolute Gasteiger partial charge is 0.138 e. The lowest BCUT2D eigenvalue weighted by atomic mass is 10.2. The molecule has 1 N–H and O–H groups in total. The Morgan fingerprint density at radius 1 is 1.50 bits per heavy atom. The van der Waals surface area contributed by atoms with E-state index in [0.29, 0.717) is 5.75 Å². The number of aromatic nitrogens is 1. The molecule has 1 aromatic rings. The van der Waals surface area contributed by atoms with Crippen LogP contribution in [0.15, 0.2) is 18.3 Å². The third-order valence-electron chi connectivity index (χ3n) is 2.19. The van der Waals surface area contributed by atoms with Crippen LogP contribution < -0.4 is 0 Å². The topological polar surface area (TPSA) is 36.4 Å². The molecule has 2 heterocycles. The predicted octanol–water partition coefficient (Wildman–Crippen LogP) is 0.993. The third kappa shape index (κ3) is 1.41. The van der Waals surface area contributed by atoms with Crippen LogP contribution in [0.2, 0.25) is 0 Å². The molecule has 12 heavy (non-hydrogen) atoms. The van der Waals surface area contributed by atoms with E-state index in [1.807, 2.05) is 0 Å². The lowest BCUT2D eigenvalue weighted by Crippen LogP contribution is -2.36. The summed E-state index contributed by atoms with van der Waals surface area (Å²) in [6.45, 7) is 3.05. The van der Waals surface area contributed by atoms with Crippen molar-refractivity contribution in [2.45, 2.75) is 13.0 Å². The van der Waals surface area contributed by atoms with Crippen molar-refractivity contribution in [2.75, 3.05) is 13.1 Å². The Morgan fingerprint density at radius 3 is 2.92 bits per heavy atom. The summed E-state index contributed by atoms with van der Waals surface area (Å²) in [4.78, 5) is 6.37. The average Bonchev–Trinajstić information content (AvgIpc) is 2.00. The molecule has 1 aliphatic heterocycles. The van der Waals surface area contributed by atoms with Gasteiger partial charge in [0.2, 0.25) is 0 Å². The molecule has 64 valence electrons. The van der Waals surface area contributed by atoms with Crippen molar-refractivity contribution in [1.29, 1.82) is 0 Å². The number of likely N-dealkylation sites (tertiary alicyclic amines) is 1. The van der Waals surface area contributed by atoms with Gasteiger partial charge in [0.15, 0.2) is 0 Å². The van der Waals surface area contributed by atoms with Crippen LogP contribution in [0.4, 0.5) is 0 Å². The lowest BCUT2D eigenvalue weighted by molar-refractivity contribution is 0.168. The van der Waals surface area contributed by atoms with E-state index >= 15 is 0 Å². The molecule has 0 amide bonds. The lowest BCUT2D eigenvalue weighted by Gasteiger charge is -2.30. The molecule has 0 saturated carbocycles. The first kappa shape index (κ1) is 7.55. The van der Waals surface area contributed by atoms with Crippen LogP contribution in [0.25, 0.3) is 0 Å². The molecular weight excluding hydrogens is 152 g/mol. The first-order valence-corrected chi connectivity index (χ1v) is 4.21. The van der Waals surface area contributed by atoms with Gasteiger partial charge in [0.25, 0.3) is 0 Å². The highest BCUT2D eigenvalue weighted by Crippen LogP contribution is 2.17.